The number of benzene rings is 1. The number of aliphatic imine (C=N–C) groups is 1. The van der Waals surface area contributed by atoms with Crippen LogP contribution in [0, 0.1) is 11.6 Å². The van der Waals surface area contributed by atoms with Crippen LogP contribution in [0.1, 0.15) is 48.0 Å². The number of aliphatic hydroxyl groups excluding tert-OH is 1. The first-order chi connectivity index (χ1) is 14.1. The maximum Gasteiger partial charge on any atom is 0.226 e. The highest BCUT2D eigenvalue weighted by Gasteiger charge is 2.31. The molecule has 7 nitrogen and oxygen atoms in total. The zero-order chi connectivity index (χ0) is 22.1. The van der Waals surface area contributed by atoms with Crippen molar-refractivity contribution >= 4 is 11.8 Å². The number of carbonyl (C=O) groups excluding carboxylic acids is 1. The van der Waals surface area contributed by atoms with Crippen LogP contribution in [0.3, 0.4) is 0 Å². The largest absolute Gasteiger partial charge is 0.481 e. The summed E-state index contributed by atoms with van der Waals surface area (Å²) in [4.78, 5) is 21.2. The number of nitrogens with one attached hydrogen (secondary N) is 1. The van der Waals surface area contributed by atoms with E-state index in [2.05, 4.69) is 15.3 Å². The third-order valence-corrected chi connectivity index (χ3v) is 4.81. The number of fused-ring (bicyclic) bond motifs is 1. The lowest BCUT2D eigenvalue weighted by molar-refractivity contribution is -0.123. The van der Waals surface area contributed by atoms with E-state index in [1.54, 1.807) is 6.07 Å². The Morgan fingerprint density at radius 3 is 2.63 bits per heavy atom. The van der Waals surface area contributed by atoms with Gasteiger partial charge in [-0.2, -0.15) is 0 Å². The number of rotatable bonds is 6. The van der Waals surface area contributed by atoms with Crippen molar-refractivity contribution in [3.63, 3.8) is 0 Å². The third kappa shape index (κ3) is 4.47. The topological polar surface area (TPSA) is 104 Å². The van der Waals surface area contributed by atoms with Gasteiger partial charge in [0.05, 0.1) is 55.3 Å². The van der Waals surface area contributed by atoms with Gasteiger partial charge in [0.1, 0.15) is 0 Å². The number of aliphatic hydroxyl groups is 2. The predicted molar refractivity (Wildman–Crippen MR) is 105 cm³/mol. The molecule has 0 spiro atoms. The van der Waals surface area contributed by atoms with Crippen molar-refractivity contribution in [1.82, 2.24) is 10.3 Å². The van der Waals surface area contributed by atoms with Gasteiger partial charge < -0.3 is 20.3 Å². The fraction of sp³-hybridized carbons (Fsp3) is 0.381. The van der Waals surface area contributed by atoms with Crippen molar-refractivity contribution in [1.29, 1.82) is 0 Å². The highest BCUT2D eigenvalue weighted by atomic mass is 19.2. The summed E-state index contributed by atoms with van der Waals surface area (Å²) < 4.78 is 32.1. The van der Waals surface area contributed by atoms with E-state index in [1.165, 1.54) is 27.0 Å². The molecule has 2 heterocycles. The number of halogens is 2. The Morgan fingerprint density at radius 2 is 2.03 bits per heavy atom. The van der Waals surface area contributed by atoms with E-state index < -0.39 is 29.2 Å². The molecule has 0 unspecified atom stereocenters. The van der Waals surface area contributed by atoms with Gasteiger partial charge in [0.25, 0.3) is 0 Å². The molecule has 1 aromatic heterocycles. The second kappa shape index (κ2) is 8.45. The molecule has 1 atom stereocenters. The lowest BCUT2D eigenvalue weighted by atomic mass is 9.91. The molecule has 2 aromatic rings. The number of hydrogen-bond acceptors (Lipinski definition) is 6. The Bertz CT molecular complexity index is 1000. The lowest BCUT2D eigenvalue weighted by Gasteiger charge is -2.30. The minimum atomic E-state index is -1.44. The second-order valence-electron chi connectivity index (χ2n) is 7.58. The van der Waals surface area contributed by atoms with Gasteiger partial charge in [-0.3, -0.25) is 9.78 Å². The first-order valence-corrected chi connectivity index (χ1v) is 9.32. The number of nitrogens with zero attached hydrogens (tertiary/aromatic N) is 2. The molecule has 3 rings (SSSR count). The van der Waals surface area contributed by atoms with E-state index in [-0.39, 0.29) is 18.6 Å². The van der Waals surface area contributed by atoms with Crippen molar-refractivity contribution in [2.45, 2.75) is 45.1 Å². The smallest absolute Gasteiger partial charge is 0.226 e. The maximum absolute atomic E-state index is 13.7. The van der Waals surface area contributed by atoms with Crippen LogP contribution >= 0.6 is 0 Å². The quantitative estimate of drug-likeness (QED) is 0.664. The number of hydrogen-bond donors (Lipinski definition) is 3. The molecule has 1 aliphatic heterocycles. The fourth-order valence-electron chi connectivity index (χ4n) is 3.45. The molecule has 1 amide bonds. The van der Waals surface area contributed by atoms with Gasteiger partial charge in [-0.05, 0) is 43.2 Å². The van der Waals surface area contributed by atoms with E-state index in [0.29, 0.717) is 29.4 Å². The van der Waals surface area contributed by atoms with E-state index in [1.807, 2.05) is 0 Å². The van der Waals surface area contributed by atoms with Crippen LogP contribution in [-0.2, 0) is 29.1 Å². The minimum absolute atomic E-state index is 0.140. The summed E-state index contributed by atoms with van der Waals surface area (Å²) in [6.45, 7) is 2.92. The van der Waals surface area contributed by atoms with Gasteiger partial charge >= 0.3 is 0 Å². The molecule has 0 saturated heterocycles. The monoisotopic (exact) mass is 419 g/mol. The van der Waals surface area contributed by atoms with Crippen molar-refractivity contribution in [2.24, 2.45) is 4.99 Å². The standard InChI is InChI=1S/C21H23F2N3O4/c1-21(2,29)19(11-4-5-14(22)15(23)7-11)26-17(28)8-13-6-12-9-24-20(30-3)18(12)16(10-27)25-13/h4-7,19,27,29H,8-10H2,1-3H3,(H,26,28)/t19-/m1/s1. The first-order valence-electron chi connectivity index (χ1n) is 9.32. The number of aromatic nitrogens is 1. The Morgan fingerprint density at radius 1 is 1.30 bits per heavy atom. The summed E-state index contributed by atoms with van der Waals surface area (Å²) in [5.41, 5.74) is 0.957. The molecule has 0 aliphatic carbocycles. The maximum atomic E-state index is 13.7. The molecule has 9 heteroatoms. The molecular formula is C21H23F2N3O4. The van der Waals surface area contributed by atoms with Crippen molar-refractivity contribution < 1.29 is 28.5 Å². The minimum Gasteiger partial charge on any atom is -0.481 e. The van der Waals surface area contributed by atoms with Crippen molar-refractivity contribution in [3.8, 4) is 0 Å². The highest BCUT2D eigenvalue weighted by molar-refractivity contribution is 5.98. The van der Waals surface area contributed by atoms with Gasteiger partial charge in [-0.1, -0.05) is 6.07 Å². The molecular weight excluding hydrogens is 396 g/mol. The summed E-state index contributed by atoms with van der Waals surface area (Å²) in [5.74, 6) is -2.18. The van der Waals surface area contributed by atoms with E-state index in [9.17, 15) is 23.8 Å². The Kier molecular flexibility index (Phi) is 6.14. The van der Waals surface area contributed by atoms with Crippen LogP contribution in [0.15, 0.2) is 29.3 Å². The van der Waals surface area contributed by atoms with Crippen molar-refractivity contribution in [3.05, 3.63) is 64.0 Å². The Hall–Kier alpha value is -2.91. The van der Waals surface area contributed by atoms with Crippen LogP contribution in [-0.4, -0.2) is 39.7 Å². The van der Waals surface area contributed by atoms with Gasteiger partial charge in [0.15, 0.2) is 11.6 Å². The summed E-state index contributed by atoms with van der Waals surface area (Å²) in [5, 5.41) is 22.8. The number of methoxy groups -OCH3 is 1. The molecule has 0 saturated carbocycles. The number of ether oxygens (including phenoxy) is 1. The average Bonchev–Trinajstić information content (AvgIpc) is 3.10. The second-order valence-corrected chi connectivity index (χ2v) is 7.58. The molecule has 0 bridgehead atoms. The van der Waals surface area contributed by atoms with Gasteiger partial charge in [0.2, 0.25) is 11.8 Å². The van der Waals surface area contributed by atoms with E-state index in [4.69, 9.17) is 4.74 Å². The molecule has 0 radical (unpaired) electrons. The summed E-state index contributed by atoms with van der Waals surface area (Å²) in [6.07, 6.45) is -0.140. The highest BCUT2D eigenvalue weighted by Crippen LogP contribution is 2.27. The predicted octanol–water partition coefficient (Wildman–Crippen LogP) is 1.93. The van der Waals surface area contributed by atoms with Crippen LogP contribution < -0.4 is 5.32 Å². The Labute approximate surface area is 172 Å². The number of carbonyl (C=O) groups is 1. The molecule has 3 N–H and O–H groups in total. The molecule has 1 aliphatic rings. The fourth-order valence-corrected chi connectivity index (χ4v) is 3.45. The molecule has 30 heavy (non-hydrogen) atoms. The van der Waals surface area contributed by atoms with Gasteiger partial charge in [-0.15, -0.1) is 0 Å². The van der Waals surface area contributed by atoms with Crippen LogP contribution in [0.25, 0.3) is 0 Å². The number of pyridine rings is 1. The lowest BCUT2D eigenvalue weighted by Crippen LogP contribution is -2.42. The summed E-state index contributed by atoms with van der Waals surface area (Å²) >= 11 is 0. The van der Waals surface area contributed by atoms with Crippen molar-refractivity contribution in [2.75, 3.05) is 7.11 Å². The third-order valence-electron chi connectivity index (χ3n) is 4.81. The SMILES string of the molecule is COC1=NCc2cc(CC(=O)N[C@H](c3ccc(F)c(F)c3)C(C)(C)O)nc(CO)c21. The zero-order valence-electron chi connectivity index (χ0n) is 16.9. The Balaban J connectivity index is 1.82. The first kappa shape index (κ1) is 21.8. The van der Waals surface area contributed by atoms with Gasteiger partial charge in [-0.25, -0.2) is 13.8 Å². The summed E-state index contributed by atoms with van der Waals surface area (Å²) in [6, 6.07) is 3.93. The van der Waals surface area contributed by atoms with E-state index in [0.717, 1.165) is 17.7 Å². The average molecular weight is 419 g/mol. The molecule has 0 fully saturated rings. The zero-order valence-corrected chi connectivity index (χ0v) is 16.9. The summed E-state index contributed by atoms with van der Waals surface area (Å²) in [7, 11) is 1.48. The van der Waals surface area contributed by atoms with Gasteiger partial charge in [0, 0.05) is 0 Å². The number of amides is 1. The van der Waals surface area contributed by atoms with E-state index >= 15 is 0 Å². The van der Waals surface area contributed by atoms with Crippen LogP contribution in [0.2, 0.25) is 0 Å². The van der Waals surface area contributed by atoms with Crippen LogP contribution in [0.4, 0.5) is 8.78 Å². The molecule has 1 aromatic carbocycles. The molecule has 160 valence electrons. The van der Waals surface area contributed by atoms with Crippen LogP contribution in [0.5, 0.6) is 0 Å². The normalized spacial score (nSPS) is 14.2.